The zero-order valence-corrected chi connectivity index (χ0v) is 21.8. The van der Waals surface area contributed by atoms with Crippen molar-refractivity contribution in [3.05, 3.63) is 105 Å². The lowest BCUT2D eigenvalue weighted by Crippen LogP contribution is -2.37. The number of hydroxylamine groups is 1. The molecule has 3 heterocycles. The van der Waals surface area contributed by atoms with Crippen LogP contribution < -0.4 is 9.96 Å². The van der Waals surface area contributed by atoms with E-state index in [2.05, 4.69) is 0 Å². The smallest absolute Gasteiger partial charge is 0.266 e. The number of anilines is 2. The minimum absolute atomic E-state index is 0.231. The SMILES string of the molecule is O=C1C2ON(c3ccccc3)C(c3ccc(-c4cc(Cl)ccc4Cl)o3)C2C(=O)N1c1ccc(Cl)c(Cl)c1. The van der Waals surface area contributed by atoms with E-state index in [-0.39, 0.29) is 5.02 Å². The van der Waals surface area contributed by atoms with Crippen molar-refractivity contribution in [2.45, 2.75) is 12.1 Å². The fourth-order valence-electron chi connectivity index (χ4n) is 4.72. The number of imide groups is 1. The van der Waals surface area contributed by atoms with E-state index < -0.39 is 29.9 Å². The molecule has 3 aromatic carbocycles. The lowest BCUT2D eigenvalue weighted by atomic mass is 9.94. The van der Waals surface area contributed by atoms with Gasteiger partial charge in [-0.3, -0.25) is 14.4 Å². The average Bonchev–Trinajstić information content (AvgIpc) is 3.58. The van der Waals surface area contributed by atoms with Crippen molar-refractivity contribution in [1.82, 2.24) is 0 Å². The van der Waals surface area contributed by atoms with Crippen molar-refractivity contribution in [1.29, 1.82) is 0 Å². The van der Waals surface area contributed by atoms with Crippen LogP contribution in [0.3, 0.4) is 0 Å². The van der Waals surface area contributed by atoms with E-state index in [9.17, 15) is 9.59 Å². The molecule has 6 nitrogen and oxygen atoms in total. The van der Waals surface area contributed by atoms with Gasteiger partial charge in [0, 0.05) is 10.6 Å². The Hall–Kier alpha value is -3.00. The molecule has 3 atom stereocenters. The van der Waals surface area contributed by atoms with Crippen LogP contribution in [0.5, 0.6) is 0 Å². The molecule has 0 N–H and O–H groups in total. The molecule has 3 unspecified atom stereocenters. The van der Waals surface area contributed by atoms with E-state index in [1.807, 2.05) is 30.3 Å². The van der Waals surface area contributed by atoms with Crippen molar-refractivity contribution in [2.24, 2.45) is 5.92 Å². The summed E-state index contributed by atoms with van der Waals surface area (Å²) in [6.07, 6.45) is -1.06. The number of furan rings is 1. The van der Waals surface area contributed by atoms with E-state index in [0.29, 0.717) is 43.5 Å². The maximum Gasteiger partial charge on any atom is 0.266 e. The number of benzene rings is 3. The summed E-state index contributed by atoms with van der Waals surface area (Å²) < 4.78 is 6.22. The number of para-hydroxylation sites is 1. The van der Waals surface area contributed by atoms with Gasteiger partial charge in [0.05, 0.1) is 26.4 Å². The van der Waals surface area contributed by atoms with Crippen LogP contribution in [0.2, 0.25) is 20.1 Å². The summed E-state index contributed by atoms with van der Waals surface area (Å²) >= 11 is 24.8. The van der Waals surface area contributed by atoms with Crippen molar-refractivity contribution < 1.29 is 18.8 Å². The van der Waals surface area contributed by atoms with E-state index in [1.54, 1.807) is 41.5 Å². The highest BCUT2D eigenvalue weighted by atomic mass is 35.5. The number of carbonyl (C=O) groups excluding carboxylic acids is 2. The van der Waals surface area contributed by atoms with Crippen LogP contribution in [-0.2, 0) is 14.4 Å². The third-order valence-corrected chi connectivity index (χ3v) is 7.70. The molecule has 1 aromatic heterocycles. The van der Waals surface area contributed by atoms with Crippen LogP contribution in [0.25, 0.3) is 11.3 Å². The summed E-state index contributed by atoms with van der Waals surface area (Å²) in [6.45, 7) is 0. The fraction of sp³-hybridized carbons (Fsp3) is 0.111. The number of fused-ring (bicyclic) bond motifs is 1. The van der Waals surface area contributed by atoms with E-state index in [0.717, 1.165) is 4.90 Å². The van der Waals surface area contributed by atoms with Gasteiger partial charge in [-0.05, 0) is 60.7 Å². The Morgan fingerprint density at radius 1 is 0.703 bits per heavy atom. The fourth-order valence-corrected chi connectivity index (χ4v) is 5.40. The third kappa shape index (κ3) is 4.10. The Balaban J connectivity index is 1.43. The molecule has 2 aliphatic heterocycles. The zero-order chi connectivity index (χ0) is 25.8. The Morgan fingerprint density at radius 2 is 1.46 bits per heavy atom. The number of halogens is 4. The Kier molecular flexibility index (Phi) is 6.18. The molecule has 2 aliphatic rings. The third-order valence-electron chi connectivity index (χ3n) is 6.40. The molecule has 2 amide bonds. The van der Waals surface area contributed by atoms with Crippen LogP contribution >= 0.6 is 46.4 Å². The van der Waals surface area contributed by atoms with E-state index >= 15 is 0 Å². The van der Waals surface area contributed by atoms with Crippen LogP contribution in [0.4, 0.5) is 11.4 Å². The second-order valence-corrected chi connectivity index (χ2v) is 10.3. The first kappa shape index (κ1) is 24.3. The Bertz CT molecular complexity index is 1540. The molecule has 37 heavy (non-hydrogen) atoms. The molecule has 0 saturated carbocycles. The van der Waals surface area contributed by atoms with Gasteiger partial charge in [-0.1, -0.05) is 64.6 Å². The van der Waals surface area contributed by atoms with Gasteiger partial charge in [0.2, 0.25) is 5.91 Å². The predicted molar refractivity (Wildman–Crippen MR) is 143 cm³/mol. The van der Waals surface area contributed by atoms with Crippen molar-refractivity contribution in [3.8, 4) is 11.3 Å². The first-order valence-electron chi connectivity index (χ1n) is 11.2. The maximum absolute atomic E-state index is 13.8. The molecule has 0 spiro atoms. The molecule has 0 bridgehead atoms. The second kappa shape index (κ2) is 9.39. The normalized spacial score (nSPS) is 21.1. The second-order valence-electron chi connectivity index (χ2n) is 8.59. The van der Waals surface area contributed by atoms with Gasteiger partial charge in [0.1, 0.15) is 23.5 Å². The van der Waals surface area contributed by atoms with Gasteiger partial charge in [-0.15, -0.1) is 0 Å². The number of nitrogens with zero attached hydrogens (tertiary/aromatic N) is 2. The molecule has 186 valence electrons. The predicted octanol–water partition coefficient (Wildman–Crippen LogP) is 7.61. The highest BCUT2D eigenvalue weighted by molar-refractivity contribution is 6.42. The van der Waals surface area contributed by atoms with Gasteiger partial charge in [-0.25, -0.2) is 9.96 Å². The van der Waals surface area contributed by atoms with E-state index in [1.165, 1.54) is 12.1 Å². The molecule has 0 aliphatic carbocycles. The molecule has 4 aromatic rings. The summed E-state index contributed by atoms with van der Waals surface area (Å²) in [5.41, 5.74) is 1.59. The lowest BCUT2D eigenvalue weighted by molar-refractivity contribution is -0.126. The summed E-state index contributed by atoms with van der Waals surface area (Å²) in [6, 6.07) is 21.6. The molecule has 2 saturated heterocycles. The molecular formula is C27H16Cl4N2O4. The standard InChI is InChI=1S/C27H16Cl4N2O4/c28-14-6-8-18(29)17(12-14)21-10-11-22(36-21)24-23-25(37-33(24)15-4-2-1-3-5-15)27(35)32(26(23)34)16-7-9-19(30)20(31)13-16/h1-13,23-25H. The van der Waals surface area contributed by atoms with E-state index in [4.69, 9.17) is 55.7 Å². The van der Waals surface area contributed by atoms with Gasteiger partial charge in [0.25, 0.3) is 5.91 Å². The average molecular weight is 574 g/mol. The molecule has 0 radical (unpaired) electrons. The number of hydrogen-bond donors (Lipinski definition) is 0. The first-order chi connectivity index (χ1) is 17.8. The number of carbonyl (C=O) groups is 2. The quantitative estimate of drug-likeness (QED) is 0.235. The summed E-state index contributed by atoms with van der Waals surface area (Å²) in [5, 5.41) is 3.07. The molecule has 6 rings (SSSR count). The Labute approximate surface area is 231 Å². The maximum atomic E-state index is 13.8. The van der Waals surface area contributed by atoms with Crippen LogP contribution in [0.15, 0.2) is 83.3 Å². The topological polar surface area (TPSA) is 63.0 Å². The van der Waals surface area contributed by atoms with Gasteiger partial charge in [0.15, 0.2) is 6.10 Å². The highest BCUT2D eigenvalue weighted by Gasteiger charge is 2.61. The van der Waals surface area contributed by atoms with Gasteiger partial charge in [-0.2, -0.15) is 0 Å². The highest BCUT2D eigenvalue weighted by Crippen LogP contribution is 2.49. The number of hydrogen-bond acceptors (Lipinski definition) is 5. The molecule has 2 fully saturated rings. The monoisotopic (exact) mass is 572 g/mol. The van der Waals surface area contributed by atoms with Crippen LogP contribution in [0.1, 0.15) is 11.8 Å². The lowest BCUT2D eigenvalue weighted by Gasteiger charge is -2.27. The van der Waals surface area contributed by atoms with Gasteiger partial charge < -0.3 is 4.42 Å². The van der Waals surface area contributed by atoms with Crippen molar-refractivity contribution in [2.75, 3.05) is 9.96 Å². The van der Waals surface area contributed by atoms with Crippen LogP contribution in [-0.4, -0.2) is 17.9 Å². The number of amides is 2. The van der Waals surface area contributed by atoms with Crippen molar-refractivity contribution >= 4 is 69.6 Å². The van der Waals surface area contributed by atoms with Crippen LogP contribution in [0, 0.1) is 5.92 Å². The summed E-state index contributed by atoms with van der Waals surface area (Å²) in [7, 11) is 0. The zero-order valence-electron chi connectivity index (χ0n) is 18.8. The minimum Gasteiger partial charge on any atom is -0.459 e. The largest absolute Gasteiger partial charge is 0.459 e. The Morgan fingerprint density at radius 3 is 2.22 bits per heavy atom. The summed E-state index contributed by atoms with van der Waals surface area (Å²) in [5.74, 6) is -0.912. The molecule has 10 heteroatoms. The summed E-state index contributed by atoms with van der Waals surface area (Å²) in [4.78, 5) is 34.5. The minimum atomic E-state index is -1.06. The first-order valence-corrected chi connectivity index (χ1v) is 12.7. The van der Waals surface area contributed by atoms with Gasteiger partial charge >= 0.3 is 0 Å². The van der Waals surface area contributed by atoms with Crippen molar-refractivity contribution in [3.63, 3.8) is 0 Å². The number of rotatable bonds is 4. The molecular weight excluding hydrogens is 558 g/mol.